The van der Waals surface area contributed by atoms with E-state index in [-0.39, 0.29) is 12.3 Å². The lowest BCUT2D eigenvalue weighted by Gasteiger charge is -2.03. The minimum Gasteiger partial charge on any atom is -0.462 e. The highest BCUT2D eigenvalue weighted by atomic mass is 16.6. The quantitative estimate of drug-likeness (QED) is 0.472. The van der Waals surface area contributed by atoms with Gasteiger partial charge in [0, 0.05) is 18.6 Å². The van der Waals surface area contributed by atoms with E-state index >= 15 is 0 Å². The van der Waals surface area contributed by atoms with E-state index in [1.165, 1.54) is 18.3 Å². The van der Waals surface area contributed by atoms with Crippen LogP contribution in [0.4, 0.5) is 5.69 Å². The number of carbonyl (C=O) groups is 1. The van der Waals surface area contributed by atoms with Crippen molar-refractivity contribution in [1.29, 1.82) is 0 Å². The third-order valence-corrected chi connectivity index (χ3v) is 2.74. The Kier molecular flexibility index (Phi) is 4.09. The van der Waals surface area contributed by atoms with Gasteiger partial charge in [-0.3, -0.25) is 10.1 Å². The molecule has 0 aliphatic rings. The Morgan fingerprint density at radius 3 is 2.65 bits per heavy atom. The highest BCUT2D eigenvalue weighted by Crippen LogP contribution is 2.13. The molecular weight excluding hydrogens is 264 g/mol. The number of non-ortho nitro benzene ring substituents is 1. The molecule has 7 nitrogen and oxygen atoms in total. The number of ether oxygens (including phenoxy) is 1. The Labute approximate surface area is 114 Å². The van der Waals surface area contributed by atoms with Crippen LogP contribution in [0.5, 0.6) is 0 Å². The van der Waals surface area contributed by atoms with Crippen molar-refractivity contribution in [2.75, 3.05) is 6.61 Å². The molecule has 0 radical (unpaired) electrons. The van der Waals surface area contributed by atoms with E-state index in [0.717, 1.165) is 5.56 Å². The van der Waals surface area contributed by atoms with Gasteiger partial charge in [-0.1, -0.05) is 17.3 Å². The number of nitro groups is 1. The van der Waals surface area contributed by atoms with Crippen LogP contribution in [0.15, 0.2) is 35.0 Å². The van der Waals surface area contributed by atoms with E-state index in [9.17, 15) is 14.9 Å². The Hall–Kier alpha value is -2.70. The second kappa shape index (κ2) is 5.96. The van der Waals surface area contributed by atoms with Crippen LogP contribution in [0.25, 0.3) is 0 Å². The van der Waals surface area contributed by atoms with Crippen molar-refractivity contribution < 1.29 is 19.0 Å². The summed E-state index contributed by atoms with van der Waals surface area (Å²) in [6, 6.07) is 6.11. The fourth-order valence-electron chi connectivity index (χ4n) is 1.62. The number of nitro benzene ring substituents is 1. The lowest BCUT2D eigenvalue weighted by molar-refractivity contribution is -0.384. The second-order valence-electron chi connectivity index (χ2n) is 4.11. The summed E-state index contributed by atoms with van der Waals surface area (Å²) in [7, 11) is 0. The van der Waals surface area contributed by atoms with Crippen molar-refractivity contribution in [1.82, 2.24) is 5.16 Å². The molecule has 0 fully saturated rings. The van der Waals surface area contributed by atoms with Crippen LogP contribution in [-0.2, 0) is 11.2 Å². The van der Waals surface area contributed by atoms with E-state index in [1.807, 2.05) is 0 Å². The topological polar surface area (TPSA) is 95.5 Å². The molecule has 0 atom stereocenters. The smallest absolute Gasteiger partial charge is 0.343 e. The van der Waals surface area contributed by atoms with E-state index in [2.05, 4.69) is 5.16 Å². The van der Waals surface area contributed by atoms with Crippen molar-refractivity contribution >= 4 is 11.7 Å². The molecule has 7 heteroatoms. The van der Waals surface area contributed by atoms with Gasteiger partial charge in [-0.15, -0.1) is 0 Å². The number of rotatable bonds is 5. The third-order valence-electron chi connectivity index (χ3n) is 2.74. The van der Waals surface area contributed by atoms with Crippen LogP contribution >= 0.6 is 0 Å². The predicted octanol–water partition coefficient (Wildman–Crippen LogP) is 2.29. The molecule has 0 saturated heterocycles. The maximum Gasteiger partial charge on any atom is 0.343 e. The molecule has 0 aliphatic heterocycles. The molecule has 2 aromatic rings. The summed E-state index contributed by atoms with van der Waals surface area (Å²) >= 11 is 0. The van der Waals surface area contributed by atoms with E-state index in [4.69, 9.17) is 9.26 Å². The maximum atomic E-state index is 11.6. The van der Waals surface area contributed by atoms with E-state index < -0.39 is 10.9 Å². The van der Waals surface area contributed by atoms with Crippen molar-refractivity contribution in [2.24, 2.45) is 0 Å². The minimum atomic E-state index is -0.495. The molecule has 0 aliphatic carbocycles. The van der Waals surface area contributed by atoms with Gasteiger partial charge in [-0.2, -0.15) is 0 Å². The number of carbonyl (C=O) groups excluding carboxylic acids is 1. The van der Waals surface area contributed by atoms with Gasteiger partial charge in [0.15, 0.2) is 0 Å². The van der Waals surface area contributed by atoms with Crippen LogP contribution in [0.2, 0.25) is 0 Å². The molecule has 0 amide bonds. The monoisotopic (exact) mass is 276 g/mol. The molecule has 104 valence electrons. The number of hydrogen-bond acceptors (Lipinski definition) is 6. The molecule has 1 heterocycles. The summed E-state index contributed by atoms with van der Waals surface area (Å²) in [5.74, 6) is -0.0870. The fraction of sp³-hybridized carbons (Fsp3) is 0.231. The number of aromatic nitrogens is 1. The average Bonchev–Trinajstić information content (AvgIpc) is 2.85. The third kappa shape index (κ3) is 3.19. The molecule has 0 N–H and O–H groups in total. The first-order chi connectivity index (χ1) is 9.58. The zero-order chi connectivity index (χ0) is 14.5. The Bertz CT molecular complexity index is 618. The summed E-state index contributed by atoms with van der Waals surface area (Å²) in [4.78, 5) is 21.7. The summed E-state index contributed by atoms with van der Waals surface area (Å²) < 4.78 is 9.85. The minimum absolute atomic E-state index is 0.0332. The molecule has 2 rings (SSSR count). The van der Waals surface area contributed by atoms with Crippen molar-refractivity contribution in [3.8, 4) is 0 Å². The molecule has 0 unspecified atom stereocenters. The zero-order valence-corrected chi connectivity index (χ0v) is 10.7. The van der Waals surface area contributed by atoms with Gasteiger partial charge >= 0.3 is 5.97 Å². The van der Waals surface area contributed by atoms with Gasteiger partial charge in [-0.05, 0) is 12.5 Å². The highest BCUT2D eigenvalue weighted by molar-refractivity contribution is 5.89. The normalized spacial score (nSPS) is 10.2. The summed E-state index contributed by atoms with van der Waals surface area (Å²) in [5.41, 5.74) is 1.19. The molecule has 0 saturated carbocycles. The van der Waals surface area contributed by atoms with E-state index in [0.29, 0.717) is 17.7 Å². The summed E-state index contributed by atoms with van der Waals surface area (Å²) in [6.07, 6.45) is 1.79. The van der Waals surface area contributed by atoms with Crippen LogP contribution in [0.3, 0.4) is 0 Å². The Balaban J connectivity index is 1.85. The van der Waals surface area contributed by atoms with Gasteiger partial charge < -0.3 is 9.26 Å². The molecular formula is C13H12N2O5. The number of hydrogen-bond donors (Lipinski definition) is 0. The zero-order valence-electron chi connectivity index (χ0n) is 10.7. The predicted molar refractivity (Wildman–Crippen MR) is 68.3 cm³/mol. The first-order valence-corrected chi connectivity index (χ1v) is 5.89. The SMILES string of the molecule is Cc1oncc1C(=O)OCCc1ccc([N+](=O)[O-])cc1. The average molecular weight is 276 g/mol. The standard InChI is InChI=1S/C13H12N2O5/c1-9-12(8-14-20-9)13(16)19-7-6-10-2-4-11(5-3-10)15(17)18/h2-5,8H,6-7H2,1H3. The van der Waals surface area contributed by atoms with Crippen molar-refractivity contribution in [3.63, 3.8) is 0 Å². The number of esters is 1. The summed E-state index contributed by atoms with van der Waals surface area (Å²) in [6.45, 7) is 1.81. The van der Waals surface area contributed by atoms with Gasteiger partial charge in [0.1, 0.15) is 11.3 Å². The Morgan fingerprint density at radius 2 is 2.10 bits per heavy atom. The highest BCUT2D eigenvalue weighted by Gasteiger charge is 2.14. The van der Waals surface area contributed by atoms with Crippen LogP contribution < -0.4 is 0 Å². The molecule has 0 bridgehead atoms. The first-order valence-electron chi connectivity index (χ1n) is 5.89. The van der Waals surface area contributed by atoms with Crippen molar-refractivity contribution in [2.45, 2.75) is 13.3 Å². The largest absolute Gasteiger partial charge is 0.462 e. The van der Waals surface area contributed by atoms with Gasteiger partial charge in [0.2, 0.25) is 0 Å². The second-order valence-corrected chi connectivity index (χ2v) is 4.11. The lowest BCUT2D eigenvalue weighted by Crippen LogP contribution is -2.08. The van der Waals surface area contributed by atoms with Gasteiger partial charge in [0.25, 0.3) is 5.69 Å². The van der Waals surface area contributed by atoms with Gasteiger partial charge in [0.05, 0.1) is 17.7 Å². The molecule has 1 aromatic heterocycles. The van der Waals surface area contributed by atoms with Crippen LogP contribution in [0, 0.1) is 17.0 Å². The number of aryl methyl sites for hydroxylation is 1. The molecule has 20 heavy (non-hydrogen) atoms. The molecule has 1 aromatic carbocycles. The number of nitrogens with zero attached hydrogens (tertiary/aromatic N) is 2. The van der Waals surface area contributed by atoms with Crippen LogP contribution in [0.1, 0.15) is 21.7 Å². The fourth-order valence-corrected chi connectivity index (χ4v) is 1.62. The van der Waals surface area contributed by atoms with E-state index in [1.54, 1.807) is 19.1 Å². The van der Waals surface area contributed by atoms with Gasteiger partial charge in [-0.25, -0.2) is 4.79 Å². The van der Waals surface area contributed by atoms with Crippen LogP contribution in [-0.4, -0.2) is 22.7 Å². The number of benzene rings is 1. The first kappa shape index (κ1) is 13.7. The lowest BCUT2D eigenvalue weighted by atomic mass is 10.1. The summed E-state index contributed by atoms with van der Waals surface area (Å²) in [5, 5.41) is 14.0. The molecule has 0 spiro atoms. The Morgan fingerprint density at radius 1 is 1.40 bits per heavy atom. The van der Waals surface area contributed by atoms with Crippen molar-refractivity contribution in [3.05, 3.63) is 57.5 Å². The maximum absolute atomic E-state index is 11.6.